The summed E-state index contributed by atoms with van der Waals surface area (Å²) in [4.78, 5) is 7.98. The fraction of sp³-hybridized carbons (Fsp3) is 0. The molecule has 0 aliphatic carbocycles. The van der Waals surface area contributed by atoms with Gasteiger partial charge in [0.15, 0.2) is 5.82 Å². The Hall–Kier alpha value is -1.86. The molecular formula is C16H10Cl3N3O2S. The first kappa shape index (κ1) is 17.9. The SMILES string of the molecule is O=S(=O)(Nc1ncnc(Cl)c1-c1cccc(Cl)c1)c1ccc(Cl)cc1. The Kier molecular flexibility index (Phi) is 5.15. The van der Waals surface area contributed by atoms with Crippen LogP contribution in [0.2, 0.25) is 15.2 Å². The highest BCUT2D eigenvalue weighted by Gasteiger charge is 2.20. The van der Waals surface area contributed by atoms with Crippen molar-refractivity contribution in [2.24, 2.45) is 0 Å². The zero-order valence-electron chi connectivity index (χ0n) is 12.4. The van der Waals surface area contributed by atoms with Gasteiger partial charge in [-0.2, -0.15) is 0 Å². The first-order valence-corrected chi connectivity index (χ1v) is 9.53. The summed E-state index contributed by atoms with van der Waals surface area (Å²) in [7, 11) is -3.88. The number of hydrogen-bond donors (Lipinski definition) is 1. The lowest BCUT2D eigenvalue weighted by Crippen LogP contribution is -2.15. The van der Waals surface area contributed by atoms with Crippen LogP contribution < -0.4 is 4.72 Å². The molecule has 5 nitrogen and oxygen atoms in total. The van der Waals surface area contributed by atoms with Crippen LogP contribution in [0.1, 0.15) is 0 Å². The van der Waals surface area contributed by atoms with Crippen molar-refractivity contribution in [3.8, 4) is 11.1 Å². The molecule has 1 N–H and O–H groups in total. The molecule has 0 aliphatic rings. The van der Waals surface area contributed by atoms with Gasteiger partial charge in [-0.1, -0.05) is 46.9 Å². The molecule has 0 fully saturated rings. The largest absolute Gasteiger partial charge is 0.263 e. The van der Waals surface area contributed by atoms with Crippen LogP contribution in [0.4, 0.5) is 5.82 Å². The summed E-state index contributed by atoms with van der Waals surface area (Å²) in [5.41, 5.74) is 0.927. The van der Waals surface area contributed by atoms with E-state index in [1.807, 2.05) is 0 Å². The van der Waals surface area contributed by atoms with Gasteiger partial charge in [-0.25, -0.2) is 18.4 Å². The molecule has 25 heavy (non-hydrogen) atoms. The molecule has 0 spiro atoms. The van der Waals surface area contributed by atoms with Crippen molar-refractivity contribution in [3.05, 3.63) is 70.1 Å². The third kappa shape index (κ3) is 4.04. The maximum atomic E-state index is 12.6. The molecule has 0 atom stereocenters. The standard InChI is InChI=1S/C16H10Cl3N3O2S/c17-11-4-6-13(7-5-11)25(23,24)22-16-14(15(19)20-9-21-16)10-2-1-3-12(18)8-10/h1-9H,(H,20,21,22). The van der Waals surface area contributed by atoms with E-state index in [0.717, 1.165) is 0 Å². The number of anilines is 1. The van der Waals surface area contributed by atoms with E-state index in [9.17, 15) is 8.42 Å². The Morgan fingerprint density at radius 1 is 0.880 bits per heavy atom. The molecule has 0 aliphatic heterocycles. The minimum absolute atomic E-state index is 0.0451. The van der Waals surface area contributed by atoms with Gasteiger partial charge in [0.2, 0.25) is 0 Å². The number of rotatable bonds is 4. The van der Waals surface area contributed by atoms with Gasteiger partial charge in [0.1, 0.15) is 11.5 Å². The Balaban J connectivity index is 2.06. The molecule has 0 radical (unpaired) electrons. The van der Waals surface area contributed by atoms with Gasteiger partial charge < -0.3 is 0 Å². The number of hydrogen-bond acceptors (Lipinski definition) is 4. The molecule has 0 bridgehead atoms. The van der Waals surface area contributed by atoms with Crippen LogP contribution in [0.5, 0.6) is 0 Å². The fourth-order valence-electron chi connectivity index (χ4n) is 2.14. The number of sulfonamides is 1. The quantitative estimate of drug-likeness (QED) is 0.616. The number of nitrogens with zero attached hydrogens (tertiary/aromatic N) is 2. The minimum atomic E-state index is -3.88. The molecule has 9 heteroatoms. The van der Waals surface area contributed by atoms with Crippen molar-refractivity contribution in [2.75, 3.05) is 4.72 Å². The molecule has 128 valence electrons. The van der Waals surface area contributed by atoms with E-state index in [2.05, 4.69) is 14.7 Å². The maximum absolute atomic E-state index is 12.6. The number of benzene rings is 2. The highest BCUT2D eigenvalue weighted by atomic mass is 35.5. The lowest BCUT2D eigenvalue weighted by atomic mass is 10.1. The summed E-state index contributed by atoms with van der Waals surface area (Å²) < 4.78 is 27.6. The summed E-state index contributed by atoms with van der Waals surface area (Å²) in [6.07, 6.45) is 1.18. The molecule has 0 saturated carbocycles. The van der Waals surface area contributed by atoms with E-state index in [1.165, 1.54) is 30.6 Å². The summed E-state index contributed by atoms with van der Waals surface area (Å²) in [5.74, 6) is 0.0530. The number of nitrogens with one attached hydrogen (secondary N) is 1. The zero-order chi connectivity index (χ0) is 18.0. The van der Waals surface area contributed by atoms with Gasteiger partial charge in [0.05, 0.1) is 10.5 Å². The van der Waals surface area contributed by atoms with E-state index in [-0.39, 0.29) is 15.9 Å². The second-order valence-electron chi connectivity index (χ2n) is 4.96. The van der Waals surface area contributed by atoms with Crippen molar-refractivity contribution >= 4 is 50.6 Å². The smallest absolute Gasteiger partial charge is 0.263 e. The number of aromatic nitrogens is 2. The van der Waals surface area contributed by atoms with Gasteiger partial charge in [-0.15, -0.1) is 0 Å². The Morgan fingerprint density at radius 3 is 2.28 bits per heavy atom. The Morgan fingerprint density at radius 2 is 1.60 bits per heavy atom. The summed E-state index contributed by atoms with van der Waals surface area (Å²) in [5, 5.41) is 1.01. The fourth-order valence-corrected chi connectivity index (χ4v) is 3.72. The van der Waals surface area contributed by atoms with Crippen molar-refractivity contribution in [1.29, 1.82) is 0 Å². The second kappa shape index (κ2) is 7.17. The predicted molar refractivity (Wildman–Crippen MR) is 99.7 cm³/mol. The lowest BCUT2D eigenvalue weighted by Gasteiger charge is -2.13. The van der Waals surface area contributed by atoms with Gasteiger partial charge in [0.25, 0.3) is 10.0 Å². The first-order chi connectivity index (χ1) is 11.9. The van der Waals surface area contributed by atoms with Crippen LogP contribution in [0.3, 0.4) is 0 Å². The topological polar surface area (TPSA) is 72.0 Å². The van der Waals surface area contributed by atoms with Crippen LogP contribution >= 0.6 is 34.8 Å². The summed E-state index contributed by atoms with van der Waals surface area (Å²) >= 11 is 18.0. The van der Waals surface area contributed by atoms with Crippen LogP contribution in [0, 0.1) is 0 Å². The van der Waals surface area contributed by atoms with Crippen LogP contribution in [-0.2, 0) is 10.0 Å². The molecule has 1 heterocycles. The predicted octanol–water partition coefficient (Wildman–Crippen LogP) is 4.90. The Labute approximate surface area is 159 Å². The average molecular weight is 415 g/mol. The second-order valence-corrected chi connectivity index (χ2v) is 7.87. The van der Waals surface area contributed by atoms with E-state index in [0.29, 0.717) is 21.2 Å². The molecule has 3 rings (SSSR count). The van der Waals surface area contributed by atoms with Crippen molar-refractivity contribution in [1.82, 2.24) is 9.97 Å². The van der Waals surface area contributed by atoms with Crippen molar-refractivity contribution < 1.29 is 8.42 Å². The molecule has 0 amide bonds. The number of halogens is 3. The molecule has 0 unspecified atom stereocenters. The average Bonchev–Trinajstić information content (AvgIpc) is 2.55. The summed E-state index contributed by atoms with van der Waals surface area (Å²) in [6, 6.07) is 12.6. The van der Waals surface area contributed by atoms with Crippen molar-refractivity contribution in [2.45, 2.75) is 4.90 Å². The first-order valence-electron chi connectivity index (χ1n) is 6.91. The molecule has 3 aromatic rings. The normalized spacial score (nSPS) is 11.3. The molecule has 1 aromatic heterocycles. The van der Waals surface area contributed by atoms with E-state index < -0.39 is 10.0 Å². The van der Waals surface area contributed by atoms with Crippen LogP contribution in [0.15, 0.2) is 59.8 Å². The highest BCUT2D eigenvalue weighted by molar-refractivity contribution is 7.92. The molecule has 2 aromatic carbocycles. The van der Waals surface area contributed by atoms with Crippen LogP contribution in [0.25, 0.3) is 11.1 Å². The molecular weight excluding hydrogens is 405 g/mol. The van der Waals surface area contributed by atoms with E-state index in [1.54, 1.807) is 24.3 Å². The zero-order valence-corrected chi connectivity index (χ0v) is 15.5. The monoisotopic (exact) mass is 413 g/mol. The van der Waals surface area contributed by atoms with Crippen LogP contribution in [-0.4, -0.2) is 18.4 Å². The third-order valence-corrected chi connectivity index (χ3v) is 5.40. The molecule has 0 saturated heterocycles. The lowest BCUT2D eigenvalue weighted by molar-refractivity contribution is 0.601. The Bertz CT molecular complexity index is 1030. The van der Waals surface area contributed by atoms with E-state index in [4.69, 9.17) is 34.8 Å². The van der Waals surface area contributed by atoms with E-state index >= 15 is 0 Å². The third-order valence-electron chi connectivity index (χ3n) is 3.27. The summed E-state index contributed by atoms with van der Waals surface area (Å²) in [6.45, 7) is 0. The van der Waals surface area contributed by atoms with Gasteiger partial charge in [0, 0.05) is 10.0 Å². The highest BCUT2D eigenvalue weighted by Crippen LogP contribution is 2.34. The van der Waals surface area contributed by atoms with Crippen molar-refractivity contribution in [3.63, 3.8) is 0 Å². The van der Waals surface area contributed by atoms with Gasteiger partial charge in [-0.3, -0.25) is 4.72 Å². The van der Waals surface area contributed by atoms with Gasteiger partial charge >= 0.3 is 0 Å². The van der Waals surface area contributed by atoms with Gasteiger partial charge in [-0.05, 0) is 42.0 Å². The minimum Gasteiger partial charge on any atom is -0.263 e. The maximum Gasteiger partial charge on any atom is 0.263 e.